The van der Waals surface area contributed by atoms with Gasteiger partial charge >= 0.3 is 232 Å². The van der Waals surface area contributed by atoms with Crippen molar-refractivity contribution in [2.24, 2.45) is 0 Å². The van der Waals surface area contributed by atoms with Crippen LogP contribution in [0.3, 0.4) is 0 Å². The molecule has 0 amide bonds. The summed E-state index contributed by atoms with van der Waals surface area (Å²) in [5.41, 5.74) is 0. The normalized spacial score (nSPS) is 13.0. The standard InChI is InChI=1S/C10H8O3S.4C6H5.Sb/c11-14(12,13)10-6-5-8-3-1-2-4-9(8)7-10;4*1-2-4-6-5-3-1;/h1-7H,(H,11,12,13);4*1-5H;/q;;;;;+1/p-1. The number of benzene rings is 6. The van der Waals surface area contributed by atoms with Crippen LogP contribution in [-0.4, -0.2) is 26.2 Å². The molecule has 0 aliphatic rings. The van der Waals surface area contributed by atoms with E-state index in [4.69, 9.17) is 2.46 Å². The van der Waals surface area contributed by atoms with Crippen molar-refractivity contribution in [1.82, 2.24) is 0 Å². The first kappa shape index (κ1) is 25.6. The molecule has 0 saturated carbocycles. The van der Waals surface area contributed by atoms with E-state index in [1.807, 2.05) is 152 Å². The summed E-state index contributed by atoms with van der Waals surface area (Å²) in [6, 6.07) is 52.6. The second-order valence-corrected chi connectivity index (χ2v) is 24.0. The van der Waals surface area contributed by atoms with E-state index in [0.29, 0.717) is 0 Å². The summed E-state index contributed by atoms with van der Waals surface area (Å²) in [7, 11) is -4.27. The molecule has 0 heterocycles. The van der Waals surface area contributed by atoms with E-state index in [0.717, 1.165) is 24.8 Å². The van der Waals surface area contributed by atoms with Crippen molar-refractivity contribution >= 4 is 52.7 Å². The molecule has 5 heteroatoms. The van der Waals surface area contributed by atoms with Crippen LogP contribution in [0.4, 0.5) is 0 Å². The van der Waals surface area contributed by atoms with Gasteiger partial charge in [0.25, 0.3) is 0 Å². The number of rotatable bonds is 7. The predicted octanol–water partition coefficient (Wildman–Crippen LogP) is 5.07. The Labute approximate surface area is 231 Å². The third-order valence-corrected chi connectivity index (χ3v) is 27.5. The fraction of sp³-hybridized carbons (Fsp3) is 0. The Morgan fingerprint density at radius 1 is 0.410 bits per heavy atom. The van der Waals surface area contributed by atoms with Crippen LogP contribution in [0.1, 0.15) is 0 Å². The fourth-order valence-electron chi connectivity index (χ4n) is 5.48. The van der Waals surface area contributed by atoms with Gasteiger partial charge in [-0.1, -0.05) is 0 Å². The first-order valence-electron chi connectivity index (χ1n) is 12.7. The van der Waals surface area contributed by atoms with Crippen molar-refractivity contribution in [3.8, 4) is 0 Å². The van der Waals surface area contributed by atoms with Crippen molar-refractivity contribution in [2.75, 3.05) is 0 Å². The molecule has 0 fully saturated rings. The minimum absolute atomic E-state index is 0.137. The molecule has 0 atom stereocenters. The molecule has 0 unspecified atom stereocenters. The Hall–Kier alpha value is -3.69. The average Bonchev–Trinajstić information content (AvgIpc) is 3.01. The van der Waals surface area contributed by atoms with Crippen molar-refractivity contribution in [3.05, 3.63) is 164 Å². The van der Waals surface area contributed by atoms with Gasteiger partial charge in [0.2, 0.25) is 0 Å². The Balaban J connectivity index is 1.78. The average molecular weight is 637 g/mol. The van der Waals surface area contributed by atoms with Crippen LogP contribution in [0.15, 0.2) is 169 Å². The van der Waals surface area contributed by atoms with Crippen LogP contribution in [0.25, 0.3) is 10.8 Å². The van der Waals surface area contributed by atoms with E-state index in [1.54, 1.807) is 12.1 Å². The molecule has 6 aromatic carbocycles. The van der Waals surface area contributed by atoms with Crippen LogP contribution in [0.5, 0.6) is 0 Å². The quantitative estimate of drug-likeness (QED) is 0.230. The van der Waals surface area contributed by atoms with Gasteiger partial charge in [-0.15, -0.1) is 0 Å². The Morgan fingerprint density at radius 2 is 0.769 bits per heavy atom. The maximum atomic E-state index is 14.6. The molecule has 0 N–H and O–H groups in total. The SMILES string of the molecule is O=S(=O)([O][Sb]([c]1ccccc1)([c]1ccccc1)([c]1ccccc1)[c]1ccccc1)c1ccc2ccccc2c1. The summed E-state index contributed by atoms with van der Waals surface area (Å²) in [6.45, 7) is 0. The van der Waals surface area contributed by atoms with E-state index in [-0.39, 0.29) is 4.90 Å². The van der Waals surface area contributed by atoms with Gasteiger partial charge in [0.1, 0.15) is 0 Å². The van der Waals surface area contributed by atoms with Gasteiger partial charge in [-0.3, -0.25) is 0 Å². The number of hydrogen-bond acceptors (Lipinski definition) is 3. The number of fused-ring (bicyclic) bond motifs is 1. The summed E-state index contributed by atoms with van der Waals surface area (Å²) >= 11 is -5.59. The molecule has 39 heavy (non-hydrogen) atoms. The van der Waals surface area contributed by atoms with Gasteiger partial charge in [-0.05, 0) is 0 Å². The Bertz CT molecular complexity index is 1670. The molecule has 0 aromatic heterocycles. The van der Waals surface area contributed by atoms with Crippen LogP contribution < -0.4 is 14.0 Å². The molecular formula is C34H27O3SSb. The summed E-state index contributed by atoms with van der Waals surface area (Å²) in [5.74, 6) is 0. The van der Waals surface area contributed by atoms with E-state index in [9.17, 15) is 8.42 Å². The molecule has 0 saturated heterocycles. The van der Waals surface area contributed by atoms with Gasteiger partial charge in [0, 0.05) is 0 Å². The first-order valence-corrected chi connectivity index (χ1v) is 20.3. The Morgan fingerprint density at radius 3 is 1.18 bits per heavy atom. The zero-order valence-corrected chi connectivity index (χ0v) is 24.5. The van der Waals surface area contributed by atoms with E-state index < -0.39 is 27.9 Å². The zero-order chi connectivity index (χ0) is 26.8. The van der Waals surface area contributed by atoms with Gasteiger partial charge in [-0.25, -0.2) is 0 Å². The third kappa shape index (κ3) is 4.11. The monoisotopic (exact) mass is 636 g/mol. The molecule has 0 spiro atoms. The van der Waals surface area contributed by atoms with Crippen LogP contribution in [-0.2, 0) is 12.6 Å². The fourth-order valence-corrected chi connectivity index (χ4v) is 27.4. The van der Waals surface area contributed by atoms with Gasteiger partial charge in [0.15, 0.2) is 0 Å². The van der Waals surface area contributed by atoms with E-state index >= 15 is 0 Å². The zero-order valence-electron chi connectivity index (χ0n) is 21.2. The number of hydrogen-bond donors (Lipinski definition) is 0. The third-order valence-electron chi connectivity index (χ3n) is 7.25. The first-order chi connectivity index (χ1) is 19.0. The van der Waals surface area contributed by atoms with Crippen LogP contribution >= 0.6 is 0 Å². The summed E-state index contributed by atoms with van der Waals surface area (Å²) in [4.78, 5) is 0.137. The molecule has 0 radical (unpaired) electrons. The molecule has 6 rings (SSSR count). The van der Waals surface area contributed by atoms with E-state index in [1.165, 1.54) is 0 Å². The van der Waals surface area contributed by atoms with Crippen molar-refractivity contribution < 1.29 is 10.9 Å². The van der Waals surface area contributed by atoms with Crippen molar-refractivity contribution in [2.45, 2.75) is 4.90 Å². The van der Waals surface area contributed by atoms with Crippen molar-refractivity contribution in [1.29, 1.82) is 0 Å². The predicted molar refractivity (Wildman–Crippen MR) is 162 cm³/mol. The molecule has 192 valence electrons. The summed E-state index contributed by atoms with van der Waals surface area (Å²) < 4.78 is 39.8. The molecule has 6 aromatic rings. The molecule has 0 bridgehead atoms. The van der Waals surface area contributed by atoms with Gasteiger partial charge in [-0.2, -0.15) is 0 Å². The van der Waals surface area contributed by atoms with Gasteiger partial charge < -0.3 is 0 Å². The molecule has 3 nitrogen and oxygen atoms in total. The molecule has 0 aliphatic carbocycles. The van der Waals surface area contributed by atoms with Gasteiger partial charge in [0.05, 0.1) is 0 Å². The summed E-state index contributed by atoms with van der Waals surface area (Å²) in [5, 5.41) is 1.81. The summed E-state index contributed by atoms with van der Waals surface area (Å²) in [6.07, 6.45) is 0. The molecular weight excluding hydrogens is 610 g/mol. The van der Waals surface area contributed by atoms with Crippen LogP contribution in [0.2, 0.25) is 0 Å². The topological polar surface area (TPSA) is 43.4 Å². The second kappa shape index (κ2) is 10.1. The van der Waals surface area contributed by atoms with Crippen molar-refractivity contribution in [3.63, 3.8) is 0 Å². The maximum absolute atomic E-state index is 14.6. The van der Waals surface area contributed by atoms with E-state index in [2.05, 4.69) is 0 Å². The second-order valence-electron chi connectivity index (χ2n) is 9.42. The Kier molecular flexibility index (Phi) is 6.64. The molecule has 0 aliphatic heterocycles. The minimum atomic E-state index is -5.59. The van der Waals surface area contributed by atoms with Crippen LogP contribution in [0, 0.1) is 0 Å².